The molecular weight excluding hydrogens is 328 g/mol. The Morgan fingerprint density at radius 2 is 2.00 bits per heavy atom. The van der Waals surface area contributed by atoms with Crippen molar-refractivity contribution >= 4 is 23.3 Å². The molecule has 0 atom stereocenters. The van der Waals surface area contributed by atoms with Crippen LogP contribution >= 0.6 is 11.6 Å². The summed E-state index contributed by atoms with van der Waals surface area (Å²) in [6.07, 6.45) is 1.58. The maximum Gasteiger partial charge on any atom is 0.322 e. The summed E-state index contributed by atoms with van der Waals surface area (Å²) in [7, 11) is 0. The zero-order chi connectivity index (χ0) is 16.9. The van der Waals surface area contributed by atoms with Crippen LogP contribution in [0, 0.1) is 0 Å². The Bertz CT molecular complexity index is 717. The molecule has 0 unspecified atom stereocenters. The molecule has 0 radical (unpaired) electrons. The van der Waals surface area contributed by atoms with E-state index < -0.39 is 0 Å². The molecule has 0 aliphatic carbocycles. The maximum atomic E-state index is 12.3. The van der Waals surface area contributed by atoms with Gasteiger partial charge < -0.3 is 15.3 Å². The lowest BCUT2D eigenvalue weighted by atomic mass is 10.2. The zero-order valence-corrected chi connectivity index (χ0v) is 13.9. The fourth-order valence-electron chi connectivity index (χ4n) is 2.70. The summed E-state index contributed by atoms with van der Waals surface area (Å²) in [4.78, 5) is 20.3. The molecule has 1 aromatic heterocycles. The predicted molar refractivity (Wildman–Crippen MR) is 93.2 cm³/mol. The Kier molecular flexibility index (Phi) is 5.17. The first kappa shape index (κ1) is 16.5. The highest BCUT2D eigenvalue weighted by atomic mass is 35.5. The van der Waals surface area contributed by atoms with Gasteiger partial charge in [0.25, 0.3) is 0 Å². The zero-order valence-electron chi connectivity index (χ0n) is 13.2. The summed E-state index contributed by atoms with van der Waals surface area (Å²) in [5, 5.41) is 12.6. The molecule has 1 fully saturated rings. The number of aromatic nitrogens is 1. The number of benzene rings is 1. The van der Waals surface area contributed by atoms with E-state index in [1.165, 1.54) is 0 Å². The number of phenols is 1. The Morgan fingerprint density at radius 3 is 2.71 bits per heavy atom. The number of carbonyl (C=O) groups excluding carboxylic acids is 1. The quantitative estimate of drug-likeness (QED) is 0.838. The number of carbonyl (C=O) groups is 1. The number of urea groups is 1. The molecule has 126 valence electrons. The van der Waals surface area contributed by atoms with Gasteiger partial charge in [-0.25, -0.2) is 9.78 Å². The third-order valence-corrected chi connectivity index (χ3v) is 4.28. The number of hydrogen-bond acceptors (Lipinski definition) is 4. The van der Waals surface area contributed by atoms with Gasteiger partial charge in [-0.05, 0) is 29.8 Å². The second-order valence-corrected chi connectivity index (χ2v) is 6.06. The van der Waals surface area contributed by atoms with Crippen molar-refractivity contribution in [3.63, 3.8) is 0 Å². The Balaban J connectivity index is 1.51. The molecule has 1 saturated heterocycles. The highest BCUT2D eigenvalue weighted by molar-refractivity contribution is 6.32. The van der Waals surface area contributed by atoms with Gasteiger partial charge in [-0.1, -0.05) is 23.7 Å². The average molecular weight is 347 g/mol. The average Bonchev–Trinajstić information content (AvgIpc) is 2.57. The second kappa shape index (κ2) is 7.51. The maximum absolute atomic E-state index is 12.3. The van der Waals surface area contributed by atoms with Crippen LogP contribution < -0.4 is 5.32 Å². The number of phenolic OH excluding ortho intramolecular Hbond substituents is 1. The molecule has 2 heterocycles. The van der Waals surface area contributed by atoms with Gasteiger partial charge in [0.15, 0.2) is 5.15 Å². The number of pyridine rings is 1. The first-order valence-corrected chi connectivity index (χ1v) is 8.16. The smallest absolute Gasteiger partial charge is 0.322 e. The standard InChI is InChI=1S/C17H19ClN4O2/c18-16-15(5-2-6-19-16)20-17(24)22-9-7-21(8-10-22)12-13-3-1-4-14(23)11-13/h1-6,11,23H,7-10,12H2,(H,20,24). The van der Waals surface area contributed by atoms with Gasteiger partial charge in [-0.15, -0.1) is 0 Å². The van der Waals surface area contributed by atoms with Gasteiger partial charge in [-0.2, -0.15) is 0 Å². The van der Waals surface area contributed by atoms with Gasteiger partial charge >= 0.3 is 6.03 Å². The molecule has 2 aromatic rings. The van der Waals surface area contributed by atoms with Crippen molar-refractivity contribution in [2.75, 3.05) is 31.5 Å². The Labute approximate surface area is 145 Å². The number of halogens is 1. The van der Waals surface area contributed by atoms with Gasteiger partial charge in [0, 0.05) is 38.9 Å². The molecule has 6 nitrogen and oxygen atoms in total. The van der Waals surface area contributed by atoms with Crippen molar-refractivity contribution in [3.05, 3.63) is 53.3 Å². The van der Waals surface area contributed by atoms with Crippen LogP contribution in [0.25, 0.3) is 0 Å². The van der Waals surface area contributed by atoms with Crippen LogP contribution in [0.1, 0.15) is 5.56 Å². The highest BCUT2D eigenvalue weighted by Gasteiger charge is 2.21. The summed E-state index contributed by atoms with van der Waals surface area (Å²) in [5.74, 6) is 0.277. The van der Waals surface area contributed by atoms with E-state index in [0.29, 0.717) is 18.8 Å². The number of hydrogen-bond donors (Lipinski definition) is 2. The minimum absolute atomic E-state index is 0.165. The van der Waals surface area contributed by atoms with Crippen LogP contribution in [0.15, 0.2) is 42.6 Å². The van der Waals surface area contributed by atoms with Crippen molar-refractivity contribution in [2.24, 2.45) is 0 Å². The molecule has 1 aromatic carbocycles. The monoisotopic (exact) mass is 346 g/mol. The lowest BCUT2D eigenvalue weighted by Crippen LogP contribution is -2.49. The lowest BCUT2D eigenvalue weighted by molar-refractivity contribution is 0.143. The third kappa shape index (κ3) is 4.15. The van der Waals surface area contributed by atoms with Gasteiger partial charge in [0.05, 0.1) is 5.69 Å². The van der Waals surface area contributed by atoms with Crippen molar-refractivity contribution in [1.82, 2.24) is 14.8 Å². The Morgan fingerprint density at radius 1 is 1.21 bits per heavy atom. The minimum Gasteiger partial charge on any atom is -0.508 e. The molecule has 0 bridgehead atoms. The minimum atomic E-state index is -0.165. The van der Waals surface area contributed by atoms with E-state index in [2.05, 4.69) is 15.2 Å². The van der Waals surface area contributed by atoms with Crippen LogP contribution in [-0.4, -0.2) is 52.1 Å². The van der Waals surface area contributed by atoms with E-state index >= 15 is 0 Å². The molecule has 7 heteroatoms. The van der Waals surface area contributed by atoms with Crippen molar-refractivity contribution in [1.29, 1.82) is 0 Å². The fraction of sp³-hybridized carbons (Fsp3) is 0.294. The fourth-order valence-corrected chi connectivity index (χ4v) is 2.86. The lowest BCUT2D eigenvalue weighted by Gasteiger charge is -2.34. The van der Waals surface area contributed by atoms with Crippen LogP contribution in [0.3, 0.4) is 0 Å². The summed E-state index contributed by atoms with van der Waals surface area (Å²) >= 11 is 5.96. The number of rotatable bonds is 3. The number of amides is 2. The summed E-state index contributed by atoms with van der Waals surface area (Å²) in [6, 6.07) is 10.6. The van der Waals surface area contributed by atoms with E-state index in [4.69, 9.17) is 11.6 Å². The number of anilines is 1. The van der Waals surface area contributed by atoms with Crippen molar-refractivity contribution < 1.29 is 9.90 Å². The number of aromatic hydroxyl groups is 1. The molecule has 2 amide bonds. The van der Waals surface area contributed by atoms with E-state index in [1.807, 2.05) is 12.1 Å². The third-order valence-electron chi connectivity index (χ3n) is 3.98. The largest absolute Gasteiger partial charge is 0.508 e. The molecule has 3 rings (SSSR count). The first-order chi connectivity index (χ1) is 11.6. The number of piperazine rings is 1. The van der Waals surface area contributed by atoms with E-state index in [0.717, 1.165) is 25.2 Å². The molecule has 0 saturated carbocycles. The van der Waals surface area contributed by atoms with Crippen LogP contribution in [-0.2, 0) is 6.54 Å². The number of nitrogens with zero attached hydrogens (tertiary/aromatic N) is 3. The summed E-state index contributed by atoms with van der Waals surface area (Å²) in [5.41, 5.74) is 1.58. The molecule has 0 spiro atoms. The van der Waals surface area contributed by atoms with Gasteiger partial charge in [0.1, 0.15) is 5.75 Å². The Hall–Kier alpha value is -2.31. The topological polar surface area (TPSA) is 68.7 Å². The van der Waals surface area contributed by atoms with Crippen molar-refractivity contribution in [3.8, 4) is 5.75 Å². The van der Waals surface area contributed by atoms with E-state index in [1.54, 1.807) is 35.4 Å². The predicted octanol–water partition coefficient (Wildman–Crippen LogP) is 2.79. The number of nitrogens with one attached hydrogen (secondary N) is 1. The molecular formula is C17H19ClN4O2. The SMILES string of the molecule is O=C(Nc1cccnc1Cl)N1CCN(Cc2cccc(O)c2)CC1. The van der Waals surface area contributed by atoms with Gasteiger partial charge in [0.2, 0.25) is 0 Å². The summed E-state index contributed by atoms with van der Waals surface area (Å²) in [6.45, 7) is 3.61. The summed E-state index contributed by atoms with van der Waals surface area (Å²) < 4.78 is 0. The van der Waals surface area contributed by atoms with Gasteiger partial charge in [-0.3, -0.25) is 4.90 Å². The second-order valence-electron chi connectivity index (χ2n) is 5.71. The molecule has 1 aliphatic rings. The van der Waals surface area contributed by atoms with Crippen LogP contribution in [0.4, 0.5) is 10.5 Å². The molecule has 1 aliphatic heterocycles. The first-order valence-electron chi connectivity index (χ1n) is 7.78. The molecule has 24 heavy (non-hydrogen) atoms. The van der Waals surface area contributed by atoms with E-state index in [-0.39, 0.29) is 16.9 Å². The molecule has 2 N–H and O–H groups in total. The highest BCUT2D eigenvalue weighted by Crippen LogP contribution is 2.19. The van der Waals surface area contributed by atoms with E-state index in [9.17, 15) is 9.90 Å². The van der Waals surface area contributed by atoms with Crippen LogP contribution in [0.5, 0.6) is 5.75 Å². The van der Waals surface area contributed by atoms with Crippen molar-refractivity contribution in [2.45, 2.75) is 6.54 Å². The van der Waals surface area contributed by atoms with Crippen LogP contribution in [0.2, 0.25) is 5.15 Å². The normalized spacial score (nSPS) is 15.3.